The summed E-state index contributed by atoms with van der Waals surface area (Å²) in [5.41, 5.74) is 0. The van der Waals surface area contributed by atoms with Crippen molar-refractivity contribution < 1.29 is 14.6 Å². The van der Waals surface area contributed by atoms with Gasteiger partial charge < -0.3 is 9.84 Å². The topological polar surface area (TPSA) is 46.5 Å². The molecule has 0 amide bonds. The molecule has 0 saturated carbocycles. The van der Waals surface area contributed by atoms with E-state index < -0.39 is 6.10 Å². The van der Waals surface area contributed by atoms with E-state index in [1.165, 1.54) is 6.08 Å². The Kier molecular flexibility index (Phi) is 2.65. The predicted octanol–water partition coefficient (Wildman–Crippen LogP) is 0.629. The molecule has 0 unspecified atom stereocenters. The van der Waals surface area contributed by atoms with Gasteiger partial charge in [-0.25, -0.2) is 4.79 Å². The van der Waals surface area contributed by atoms with Gasteiger partial charge in [-0.15, -0.1) is 0 Å². The van der Waals surface area contributed by atoms with Crippen molar-refractivity contribution in [1.82, 2.24) is 0 Å². The molecule has 62 valence electrons. The fourth-order valence-electron chi connectivity index (χ4n) is 1.09. The van der Waals surface area contributed by atoms with E-state index in [1.54, 1.807) is 13.0 Å². The van der Waals surface area contributed by atoms with Crippen LogP contribution < -0.4 is 0 Å². The lowest BCUT2D eigenvalue weighted by Crippen LogP contribution is -2.23. The summed E-state index contributed by atoms with van der Waals surface area (Å²) in [6.45, 7) is 1.69. The smallest absolute Gasteiger partial charge is 0.330 e. The Morgan fingerprint density at radius 3 is 3.18 bits per heavy atom. The van der Waals surface area contributed by atoms with Crippen LogP contribution in [0.25, 0.3) is 0 Å². The highest BCUT2D eigenvalue weighted by atomic mass is 16.5. The van der Waals surface area contributed by atoms with Gasteiger partial charge in [0.15, 0.2) is 0 Å². The molecule has 1 N–H and O–H groups in total. The number of esters is 1. The van der Waals surface area contributed by atoms with Crippen molar-refractivity contribution in [1.29, 1.82) is 0 Å². The van der Waals surface area contributed by atoms with E-state index in [9.17, 15) is 4.79 Å². The van der Waals surface area contributed by atoms with E-state index in [0.29, 0.717) is 6.42 Å². The third kappa shape index (κ3) is 2.72. The summed E-state index contributed by atoms with van der Waals surface area (Å²) in [5.74, 6) is -0.304. The van der Waals surface area contributed by atoms with Crippen LogP contribution in [-0.2, 0) is 9.53 Å². The lowest BCUT2D eigenvalue weighted by Gasteiger charge is -2.19. The highest BCUT2D eigenvalue weighted by Gasteiger charge is 2.17. The zero-order valence-electron chi connectivity index (χ0n) is 6.49. The van der Waals surface area contributed by atoms with Crippen LogP contribution in [0.3, 0.4) is 0 Å². The molecule has 0 aromatic heterocycles. The molecule has 0 aliphatic carbocycles. The zero-order chi connectivity index (χ0) is 8.27. The maximum atomic E-state index is 10.7. The molecule has 0 bridgehead atoms. The summed E-state index contributed by atoms with van der Waals surface area (Å²) in [5, 5.41) is 8.98. The minimum absolute atomic E-state index is 0.132. The quantitative estimate of drug-likeness (QED) is 0.596. The van der Waals surface area contributed by atoms with Crippen molar-refractivity contribution in [3.05, 3.63) is 12.2 Å². The molecule has 1 rings (SSSR count). The van der Waals surface area contributed by atoms with Crippen LogP contribution in [0, 0.1) is 0 Å². The first-order chi connectivity index (χ1) is 5.18. The number of carbonyl (C=O) groups is 1. The molecule has 3 heteroatoms. The second-order valence-corrected chi connectivity index (χ2v) is 2.78. The van der Waals surface area contributed by atoms with Crippen LogP contribution in [0.1, 0.15) is 19.8 Å². The number of ether oxygens (including phenoxy) is 1. The molecule has 1 aliphatic rings. The van der Waals surface area contributed by atoms with E-state index in [0.717, 1.165) is 6.42 Å². The summed E-state index contributed by atoms with van der Waals surface area (Å²) < 4.78 is 4.91. The molecular formula is C8H12O3. The van der Waals surface area contributed by atoms with Gasteiger partial charge >= 0.3 is 5.97 Å². The fourth-order valence-corrected chi connectivity index (χ4v) is 1.09. The zero-order valence-corrected chi connectivity index (χ0v) is 6.49. The molecule has 3 nitrogen and oxygen atoms in total. The second kappa shape index (κ2) is 3.53. The number of cyclic esters (lactones) is 1. The van der Waals surface area contributed by atoms with Crippen molar-refractivity contribution in [2.75, 3.05) is 0 Å². The Morgan fingerprint density at radius 2 is 2.64 bits per heavy atom. The van der Waals surface area contributed by atoms with E-state index in [2.05, 4.69) is 0 Å². The first kappa shape index (κ1) is 8.27. The van der Waals surface area contributed by atoms with E-state index >= 15 is 0 Å². The van der Waals surface area contributed by atoms with Crippen LogP contribution in [0.2, 0.25) is 0 Å². The average Bonchev–Trinajstić information content (AvgIpc) is 1.85. The summed E-state index contributed by atoms with van der Waals surface area (Å²) in [4.78, 5) is 10.7. The van der Waals surface area contributed by atoms with Crippen molar-refractivity contribution in [3.63, 3.8) is 0 Å². The molecule has 1 aliphatic heterocycles. The Hall–Kier alpha value is -0.830. The molecule has 2 atom stereocenters. The highest BCUT2D eigenvalue weighted by Crippen LogP contribution is 2.12. The van der Waals surface area contributed by atoms with Crippen LogP contribution in [0.15, 0.2) is 12.2 Å². The van der Waals surface area contributed by atoms with Crippen LogP contribution in [0.4, 0.5) is 0 Å². The van der Waals surface area contributed by atoms with Gasteiger partial charge in [-0.2, -0.15) is 0 Å². The Balaban J connectivity index is 2.37. The van der Waals surface area contributed by atoms with Crippen molar-refractivity contribution in [2.45, 2.75) is 32.0 Å². The normalized spacial score (nSPS) is 26.4. The molecule has 0 aromatic rings. The monoisotopic (exact) mass is 156 g/mol. The standard InChI is InChI=1S/C8H12O3/c1-6(9)5-7-3-2-4-8(10)11-7/h2,4,6-7,9H,3,5H2,1H3/t6-,7-/m0/s1. The largest absolute Gasteiger partial charge is 0.459 e. The summed E-state index contributed by atoms with van der Waals surface area (Å²) in [6.07, 6.45) is 3.90. The lowest BCUT2D eigenvalue weighted by molar-refractivity contribution is -0.145. The van der Waals surface area contributed by atoms with Crippen LogP contribution in [-0.4, -0.2) is 23.3 Å². The predicted molar refractivity (Wildman–Crippen MR) is 39.9 cm³/mol. The van der Waals surface area contributed by atoms with Gasteiger partial charge in [-0.3, -0.25) is 0 Å². The minimum atomic E-state index is -0.403. The highest BCUT2D eigenvalue weighted by molar-refractivity contribution is 5.82. The van der Waals surface area contributed by atoms with Gasteiger partial charge in [0.1, 0.15) is 6.10 Å². The minimum Gasteiger partial charge on any atom is -0.459 e. The maximum absolute atomic E-state index is 10.7. The van der Waals surface area contributed by atoms with E-state index in [1.807, 2.05) is 0 Å². The van der Waals surface area contributed by atoms with Gasteiger partial charge in [0.05, 0.1) is 6.10 Å². The molecular weight excluding hydrogens is 144 g/mol. The molecule has 1 heterocycles. The summed E-state index contributed by atoms with van der Waals surface area (Å²) >= 11 is 0. The molecule has 0 saturated heterocycles. The van der Waals surface area contributed by atoms with Crippen molar-refractivity contribution in [2.24, 2.45) is 0 Å². The molecule has 0 fully saturated rings. The van der Waals surface area contributed by atoms with Gasteiger partial charge in [0.25, 0.3) is 0 Å². The van der Waals surface area contributed by atoms with Gasteiger partial charge in [0, 0.05) is 18.9 Å². The van der Waals surface area contributed by atoms with Gasteiger partial charge in [-0.05, 0) is 6.92 Å². The number of aliphatic hydroxyl groups excluding tert-OH is 1. The molecule has 11 heavy (non-hydrogen) atoms. The second-order valence-electron chi connectivity index (χ2n) is 2.78. The van der Waals surface area contributed by atoms with E-state index in [-0.39, 0.29) is 12.1 Å². The molecule has 0 spiro atoms. The summed E-state index contributed by atoms with van der Waals surface area (Å²) in [7, 11) is 0. The third-order valence-corrected chi connectivity index (χ3v) is 1.54. The molecule has 0 aromatic carbocycles. The van der Waals surface area contributed by atoms with Crippen LogP contribution in [0.5, 0.6) is 0 Å². The average molecular weight is 156 g/mol. The Morgan fingerprint density at radius 1 is 1.91 bits per heavy atom. The number of hydrogen-bond acceptors (Lipinski definition) is 3. The summed E-state index contributed by atoms with van der Waals surface area (Å²) in [6, 6.07) is 0. The first-order valence-corrected chi connectivity index (χ1v) is 3.73. The van der Waals surface area contributed by atoms with Crippen molar-refractivity contribution in [3.8, 4) is 0 Å². The number of aliphatic hydroxyl groups is 1. The van der Waals surface area contributed by atoms with Crippen LogP contribution >= 0.6 is 0 Å². The number of carbonyl (C=O) groups excluding carboxylic acids is 1. The van der Waals surface area contributed by atoms with Gasteiger partial charge in [0.2, 0.25) is 0 Å². The Labute approximate surface area is 65.7 Å². The third-order valence-electron chi connectivity index (χ3n) is 1.54. The number of rotatable bonds is 2. The molecule has 0 radical (unpaired) electrons. The fraction of sp³-hybridized carbons (Fsp3) is 0.625. The first-order valence-electron chi connectivity index (χ1n) is 3.73. The Bertz CT molecular complexity index is 172. The SMILES string of the molecule is C[C@H](O)C[C@@H]1CC=CC(=O)O1. The maximum Gasteiger partial charge on any atom is 0.330 e. The number of hydrogen-bond donors (Lipinski definition) is 1. The van der Waals surface area contributed by atoms with Crippen molar-refractivity contribution >= 4 is 5.97 Å². The van der Waals surface area contributed by atoms with E-state index in [4.69, 9.17) is 9.84 Å². The van der Waals surface area contributed by atoms with Gasteiger partial charge in [-0.1, -0.05) is 6.08 Å². The lowest BCUT2D eigenvalue weighted by atomic mass is 10.1.